The van der Waals surface area contributed by atoms with E-state index >= 15 is 0 Å². The predicted molar refractivity (Wildman–Crippen MR) is 62.7 cm³/mol. The van der Waals surface area contributed by atoms with Gasteiger partial charge in [-0.25, -0.2) is 14.6 Å². The molecule has 6 heteroatoms. The zero-order valence-corrected chi connectivity index (χ0v) is 10.2. The minimum atomic E-state index is -0.410. The molecule has 0 heterocycles. The molecule has 17 heavy (non-hydrogen) atoms. The molecule has 0 spiro atoms. The molecule has 0 aliphatic heterocycles. The Hall–Kier alpha value is -1.39. The maximum Gasteiger partial charge on any atom is 0.407 e. The van der Waals surface area contributed by atoms with Crippen molar-refractivity contribution in [2.45, 2.75) is 25.7 Å². The first-order valence-electron chi connectivity index (χ1n) is 5.74. The number of amides is 1. The number of isocyanates is 1. The number of alkyl carbamates (subject to hydrolysis) is 1. The van der Waals surface area contributed by atoms with Crippen molar-refractivity contribution in [1.82, 2.24) is 5.32 Å². The maximum absolute atomic E-state index is 11.0. The Bertz CT molecular complexity index is 240. The third kappa shape index (κ3) is 12.5. The van der Waals surface area contributed by atoms with Crippen LogP contribution in [0.3, 0.4) is 0 Å². The Kier molecular flexibility index (Phi) is 11.6. The first kappa shape index (κ1) is 15.6. The van der Waals surface area contributed by atoms with Crippen molar-refractivity contribution in [3.8, 4) is 0 Å². The first-order chi connectivity index (χ1) is 8.31. The molecule has 0 bridgehead atoms. The zero-order chi connectivity index (χ0) is 12.8. The smallest absolute Gasteiger partial charge is 0.407 e. The lowest BCUT2D eigenvalue weighted by atomic mass is 10.2. The SMILES string of the molecule is COCCOC(=O)NCCCCCCN=C=O. The number of hydrogen-bond donors (Lipinski definition) is 1. The predicted octanol–water partition coefficient (Wildman–Crippen LogP) is 1.26. The lowest BCUT2D eigenvalue weighted by Crippen LogP contribution is -2.26. The van der Waals surface area contributed by atoms with E-state index in [1.165, 1.54) is 6.08 Å². The number of rotatable bonds is 10. The Balaban J connectivity index is 3.16. The van der Waals surface area contributed by atoms with Gasteiger partial charge in [0.15, 0.2) is 0 Å². The average Bonchev–Trinajstić information content (AvgIpc) is 2.33. The van der Waals surface area contributed by atoms with Gasteiger partial charge >= 0.3 is 6.09 Å². The normalized spacial score (nSPS) is 9.47. The molecule has 1 amide bonds. The van der Waals surface area contributed by atoms with Crippen molar-refractivity contribution >= 4 is 12.2 Å². The highest BCUT2D eigenvalue weighted by molar-refractivity contribution is 5.66. The number of carbonyl (C=O) groups excluding carboxylic acids is 2. The molecule has 0 radical (unpaired) electrons. The highest BCUT2D eigenvalue weighted by Gasteiger charge is 1.99. The Morgan fingerprint density at radius 3 is 2.71 bits per heavy atom. The standard InChI is InChI=1S/C11H20N2O4/c1-16-8-9-17-11(15)13-7-5-3-2-4-6-12-10-14/h2-9H2,1H3,(H,13,15). The number of aliphatic imine (C=N–C) groups is 1. The van der Waals surface area contributed by atoms with Gasteiger partial charge < -0.3 is 14.8 Å². The summed E-state index contributed by atoms with van der Waals surface area (Å²) < 4.78 is 9.55. The topological polar surface area (TPSA) is 77.0 Å². The van der Waals surface area contributed by atoms with Crippen LogP contribution in [0.2, 0.25) is 0 Å². The molecule has 0 rings (SSSR count). The third-order valence-electron chi connectivity index (χ3n) is 2.05. The number of unbranched alkanes of at least 4 members (excludes halogenated alkanes) is 3. The second kappa shape index (κ2) is 12.7. The fourth-order valence-corrected chi connectivity index (χ4v) is 1.17. The van der Waals surface area contributed by atoms with Gasteiger partial charge in [0.25, 0.3) is 0 Å². The van der Waals surface area contributed by atoms with E-state index in [1.807, 2.05) is 0 Å². The summed E-state index contributed by atoms with van der Waals surface area (Å²) in [7, 11) is 1.55. The summed E-state index contributed by atoms with van der Waals surface area (Å²) in [5.74, 6) is 0. The highest BCUT2D eigenvalue weighted by atomic mass is 16.6. The van der Waals surface area contributed by atoms with Gasteiger partial charge in [0, 0.05) is 13.7 Å². The quantitative estimate of drug-likeness (QED) is 0.356. The molecule has 1 N–H and O–H groups in total. The third-order valence-corrected chi connectivity index (χ3v) is 2.05. The molecule has 6 nitrogen and oxygen atoms in total. The summed E-state index contributed by atoms with van der Waals surface area (Å²) >= 11 is 0. The number of hydrogen-bond acceptors (Lipinski definition) is 5. The van der Waals surface area contributed by atoms with Gasteiger partial charge in [0.2, 0.25) is 6.08 Å². The van der Waals surface area contributed by atoms with E-state index in [2.05, 4.69) is 10.3 Å². The maximum atomic E-state index is 11.0. The summed E-state index contributed by atoms with van der Waals surface area (Å²) in [4.78, 5) is 24.3. The van der Waals surface area contributed by atoms with Crippen molar-refractivity contribution in [3.63, 3.8) is 0 Å². The molecule has 0 aromatic heterocycles. The molecular formula is C11H20N2O4. The number of nitrogens with zero attached hydrogens (tertiary/aromatic N) is 1. The molecule has 0 saturated carbocycles. The van der Waals surface area contributed by atoms with Gasteiger partial charge in [0.1, 0.15) is 6.61 Å². The van der Waals surface area contributed by atoms with Crippen LogP contribution in [0.5, 0.6) is 0 Å². The van der Waals surface area contributed by atoms with Crippen LogP contribution >= 0.6 is 0 Å². The van der Waals surface area contributed by atoms with Gasteiger partial charge in [-0.1, -0.05) is 12.8 Å². The summed E-state index contributed by atoms with van der Waals surface area (Å²) in [5, 5.41) is 2.64. The second-order valence-electron chi connectivity index (χ2n) is 3.44. The van der Waals surface area contributed by atoms with Crippen LogP contribution in [0.25, 0.3) is 0 Å². The molecule has 0 aromatic carbocycles. The van der Waals surface area contributed by atoms with Crippen molar-refractivity contribution in [1.29, 1.82) is 0 Å². The van der Waals surface area contributed by atoms with E-state index in [4.69, 9.17) is 9.47 Å². The molecule has 0 aromatic rings. The van der Waals surface area contributed by atoms with E-state index in [9.17, 15) is 9.59 Å². The Labute approximate surface area is 101 Å². The van der Waals surface area contributed by atoms with Crippen LogP contribution in [0.1, 0.15) is 25.7 Å². The summed E-state index contributed by atoms with van der Waals surface area (Å²) in [6.07, 6.45) is 4.85. The molecule has 0 atom stereocenters. The zero-order valence-electron chi connectivity index (χ0n) is 10.2. The monoisotopic (exact) mass is 244 g/mol. The number of nitrogens with one attached hydrogen (secondary N) is 1. The fourth-order valence-electron chi connectivity index (χ4n) is 1.17. The van der Waals surface area contributed by atoms with E-state index in [-0.39, 0.29) is 6.61 Å². The van der Waals surface area contributed by atoms with Crippen molar-refractivity contribution < 1.29 is 19.1 Å². The number of ether oxygens (including phenoxy) is 2. The first-order valence-corrected chi connectivity index (χ1v) is 5.74. The molecular weight excluding hydrogens is 224 g/mol. The average molecular weight is 244 g/mol. The second-order valence-corrected chi connectivity index (χ2v) is 3.44. The van der Waals surface area contributed by atoms with Crippen LogP contribution in [0.4, 0.5) is 4.79 Å². The van der Waals surface area contributed by atoms with Crippen molar-refractivity contribution in [2.75, 3.05) is 33.4 Å². The summed E-state index contributed by atoms with van der Waals surface area (Å²) in [6.45, 7) is 1.81. The molecule has 98 valence electrons. The van der Waals surface area contributed by atoms with Crippen molar-refractivity contribution in [3.05, 3.63) is 0 Å². The van der Waals surface area contributed by atoms with Gasteiger partial charge in [-0.2, -0.15) is 0 Å². The lowest BCUT2D eigenvalue weighted by Gasteiger charge is -2.06. The Morgan fingerprint density at radius 2 is 2.00 bits per heavy atom. The van der Waals surface area contributed by atoms with Crippen LogP contribution in [0.15, 0.2) is 4.99 Å². The van der Waals surface area contributed by atoms with Crippen LogP contribution in [0, 0.1) is 0 Å². The molecule has 0 unspecified atom stereocenters. The van der Waals surface area contributed by atoms with E-state index in [0.29, 0.717) is 19.7 Å². The van der Waals surface area contributed by atoms with Crippen LogP contribution in [-0.2, 0) is 14.3 Å². The van der Waals surface area contributed by atoms with Crippen LogP contribution < -0.4 is 5.32 Å². The lowest BCUT2D eigenvalue weighted by molar-refractivity contribution is 0.0985. The molecule has 0 fully saturated rings. The van der Waals surface area contributed by atoms with E-state index < -0.39 is 6.09 Å². The molecule has 0 aliphatic carbocycles. The largest absolute Gasteiger partial charge is 0.447 e. The molecule has 0 aliphatic rings. The minimum Gasteiger partial charge on any atom is -0.447 e. The summed E-state index contributed by atoms with van der Waals surface area (Å²) in [6, 6.07) is 0. The van der Waals surface area contributed by atoms with E-state index in [1.54, 1.807) is 7.11 Å². The van der Waals surface area contributed by atoms with Gasteiger partial charge in [-0.15, -0.1) is 0 Å². The summed E-state index contributed by atoms with van der Waals surface area (Å²) in [5.41, 5.74) is 0. The van der Waals surface area contributed by atoms with Crippen molar-refractivity contribution in [2.24, 2.45) is 4.99 Å². The van der Waals surface area contributed by atoms with Crippen LogP contribution in [-0.4, -0.2) is 45.6 Å². The highest BCUT2D eigenvalue weighted by Crippen LogP contribution is 1.98. The van der Waals surface area contributed by atoms with Gasteiger partial charge in [-0.3, -0.25) is 0 Å². The van der Waals surface area contributed by atoms with Gasteiger partial charge in [-0.05, 0) is 12.8 Å². The minimum absolute atomic E-state index is 0.270. The van der Waals surface area contributed by atoms with Gasteiger partial charge in [0.05, 0.1) is 13.2 Å². The number of methoxy groups -OCH3 is 1. The molecule has 0 saturated heterocycles. The fraction of sp³-hybridized carbons (Fsp3) is 0.818. The Morgan fingerprint density at radius 1 is 1.24 bits per heavy atom. The number of carbonyl (C=O) groups is 1. The van der Waals surface area contributed by atoms with E-state index in [0.717, 1.165) is 25.7 Å².